The largest absolute Gasteiger partial charge is 0.0616 e. The Morgan fingerprint density at radius 1 is 0.708 bits per heavy atom. The van der Waals surface area contributed by atoms with Crippen LogP contribution in [0.5, 0.6) is 0 Å². The van der Waals surface area contributed by atoms with Crippen LogP contribution >= 0.6 is 0 Å². The maximum absolute atomic E-state index is 2.38. The van der Waals surface area contributed by atoms with Gasteiger partial charge in [-0.3, -0.25) is 0 Å². The van der Waals surface area contributed by atoms with Gasteiger partial charge in [-0.2, -0.15) is 0 Å². The molecule has 0 radical (unpaired) electrons. The number of hydrogen-bond donors (Lipinski definition) is 0. The highest BCUT2D eigenvalue weighted by molar-refractivity contribution is 5.89. The summed E-state index contributed by atoms with van der Waals surface area (Å²) in [5.74, 6) is 0. The minimum absolute atomic E-state index is 1.06. The Balaban J connectivity index is 1.81. The fraction of sp³-hybridized carbons (Fsp3) is 0.333. The summed E-state index contributed by atoms with van der Waals surface area (Å²) >= 11 is 0. The van der Waals surface area contributed by atoms with Crippen LogP contribution in [-0.4, -0.2) is 0 Å². The smallest absolute Gasteiger partial charge is 0.00168 e. The van der Waals surface area contributed by atoms with Crippen LogP contribution in [0.15, 0.2) is 48.5 Å². The molecule has 0 unspecified atom stereocenters. The van der Waals surface area contributed by atoms with Gasteiger partial charge < -0.3 is 0 Å². The van der Waals surface area contributed by atoms with Crippen molar-refractivity contribution >= 4 is 10.8 Å². The summed E-state index contributed by atoms with van der Waals surface area (Å²) in [5, 5.41) is 2.86. The minimum atomic E-state index is 1.06. The van der Waals surface area contributed by atoms with Crippen molar-refractivity contribution in [3.05, 3.63) is 81.9 Å². The number of fused-ring (bicyclic) bond motifs is 2. The third-order valence-corrected chi connectivity index (χ3v) is 5.73. The maximum Gasteiger partial charge on any atom is -0.00168 e. The quantitative estimate of drug-likeness (QED) is 0.541. The van der Waals surface area contributed by atoms with Gasteiger partial charge in [0.1, 0.15) is 0 Å². The first-order valence-corrected chi connectivity index (χ1v) is 9.37. The summed E-state index contributed by atoms with van der Waals surface area (Å²) in [6.07, 6.45) is 7.39. The molecule has 0 heterocycles. The normalized spacial score (nSPS) is 13.9. The standard InChI is InChI=1S/C24H26/c1-3-18-14-15-20(24-11-7-6-9-22(18)24)16-19-13-12-17(2)21-8-4-5-10-23(19)21/h6-7,9,11-15H,3-5,8,10,16H2,1-2H3. The third kappa shape index (κ3) is 2.65. The number of benzene rings is 3. The first-order valence-electron chi connectivity index (χ1n) is 9.37. The van der Waals surface area contributed by atoms with Crippen molar-refractivity contribution in [1.29, 1.82) is 0 Å². The van der Waals surface area contributed by atoms with Crippen molar-refractivity contribution < 1.29 is 0 Å². The van der Waals surface area contributed by atoms with Crippen LogP contribution in [0.25, 0.3) is 10.8 Å². The molecule has 122 valence electrons. The Labute approximate surface area is 145 Å². The lowest BCUT2D eigenvalue weighted by molar-refractivity contribution is 0.676. The van der Waals surface area contributed by atoms with Crippen molar-refractivity contribution in [3.63, 3.8) is 0 Å². The SMILES string of the molecule is CCc1ccc(Cc2ccc(C)c3c2CCCC3)c2ccccc12. The van der Waals surface area contributed by atoms with Gasteiger partial charge in [0, 0.05) is 0 Å². The van der Waals surface area contributed by atoms with Crippen LogP contribution in [0.2, 0.25) is 0 Å². The molecule has 0 amide bonds. The molecule has 0 bridgehead atoms. The van der Waals surface area contributed by atoms with Gasteiger partial charge >= 0.3 is 0 Å². The van der Waals surface area contributed by atoms with Crippen LogP contribution in [0, 0.1) is 6.92 Å². The second-order valence-corrected chi connectivity index (χ2v) is 7.17. The molecule has 0 aliphatic heterocycles. The molecule has 3 aromatic carbocycles. The molecule has 4 rings (SSSR count). The van der Waals surface area contributed by atoms with Crippen LogP contribution in [-0.2, 0) is 25.7 Å². The van der Waals surface area contributed by atoms with E-state index in [0.717, 1.165) is 12.8 Å². The average molecular weight is 314 g/mol. The summed E-state index contributed by atoms with van der Waals surface area (Å²) in [7, 11) is 0. The zero-order valence-corrected chi connectivity index (χ0v) is 14.9. The Morgan fingerprint density at radius 3 is 2.08 bits per heavy atom. The zero-order chi connectivity index (χ0) is 16.5. The van der Waals surface area contributed by atoms with Crippen molar-refractivity contribution in [2.45, 2.75) is 52.4 Å². The van der Waals surface area contributed by atoms with Crippen molar-refractivity contribution in [2.75, 3.05) is 0 Å². The number of hydrogen-bond acceptors (Lipinski definition) is 0. The summed E-state index contributed by atoms with van der Waals surface area (Å²) in [6.45, 7) is 4.52. The first kappa shape index (κ1) is 15.4. The predicted molar refractivity (Wildman–Crippen MR) is 104 cm³/mol. The topological polar surface area (TPSA) is 0 Å². The number of aryl methyl sites for hydroxylation is 2. The van der Waals surface area contributed by atoms with E-state index >= 15 is 0 Å². The van der Waals surface area contributed by atoms with E-state index in [9.17, 15) is 0 Å². The van der Waals surface area contributed by atoms with Crippen LogP contribution < -0.4 is 0 Å². The molecule has 0 nitrogen and oxygen atoms in total. The molecule has 1 aliphatic carbocycles. The molecule has 0 aromatic heterocycles. The molecule has 0 heteroatoms. The molecule has 1 aliphatic rings. The van der Waals surface area contributed by atoms with Gasteiger partial charge in [-0.15, -0.1) is 0 Å². The van der Waals surface area contributed by atoms with E-state index in [1.54, 1.807) is 16.7 Å². The Bertz CT molecular complexity index is 886. The molecule has 0 N–H and O–H groups in total. The van der Waals surface area contributed by atoms with E-state index in [-0.39, 0.29) is 0 Å². The summed E-state index contributed by atoms with van der Waals surface area (Å²) in [5.41, 5.74) is 9.24. The zero-order valence-electron chi connectivity index (χ0n) is 14.9. The molecular formula is C24H26. The Hall–Kier alpha value is -2.08. The molecular weight excluding hydrogens is 288 g/mol. The third-order valence-electron chi connectivity index (χ3n) is 5.73. The fourth-order valence-electron chi connectivity index (χ4n) is 4.38. The van der Waals surface area contributed by atoms with E-state index in [1.165, 1.54) is 53.1 Å². The van der Waals surface area contributed by atoms with Crippen LogP contribution in [0.3, 0.4) is 0 Å². The number of rotatable bonds is 3. The molecule has 0 saturated carbocycles. The van der Waals surface area contributed by atoms with E-state index < -0.39 is 0 Å². The molecule has 0 spiro atoms. The lowest BCUT2D eigenvalue weighted by Crippen LogP contribution is -2.09. The van der Waals surface area contributed by atoms with E-state index in [0.29, 0.717) is 0 Å². The molecule has 3 aromatic rings. The van der Waals surface area contributed by atoms with Crippen molar-refractivity contribution in [2.24, 2.45) is 0 Å². The molecule has 0 atom stereocenters. The van der Waals surface area contributed by atoms with Gasteiger partial charge in [-0.25, -0.2) is 0 Å². The van der Waals surface area contributed by atoms with Gasteiger partial charge in [-0.05, 0) is 89.6 Å². The van der Waals surface area contributed by atoms with Gasteiger partial charge in [-0.1, -0.05) is 55.5 Å². The Morgan fingerprint density at radius 2 is 1.33 bits per heavy atom. The second kappa shape index (κ2) is 6.43. The van der Waals surface area contributed by atoms with Gasteiger partial charge in [0.25, 0.3) is 0 Å². The highest BCUT2D eigenvalue weighted by Crippen LogP contribution is 2.31. The van der Waals surface area contributed by atoms with Crippen LogP contribution in [0.4, 0.5) is 0 Å². The van der Waals surface area contributed by atoms with Gasteiger partial charge in [0.15, 0.2) is 0 Å². The monoisotopic (exact) mass is 314 g/mol. The first-order chi connectivity index (χ1) is 11.8. The minimum Gasteiger partial charge on any atom is -0.0616 e. The lowest BCUT2D eigenvalue weighted by Gasteiger charge is -2.22. The highest BCUT2D eigenvalue weighted by Gasteiger charge is 2.16. The fourth-order valence-corrected chi connectivity index (χ4v) is 4.38. The van der Waals surface area contributed by atoms with Crippen LogP contribution in [0.1, 0.15) is 53.1 Å². The van der Waals surface area contributed by atoms with Crippen molar-refractivity contribution in [3.8, 4) is 0 Å². The van der Waals surface area contributed by atoms with E-state index in [4.69, 9.17) is 0 Å². The van der Waals surface area contributed by atoms with Gasteiger partial charge in [0.2, 0.25) is 0 Å². The lowest BCUT2D eigenvalue weighted by atomic mass is 9.83. The molecule has 0 fully saturated rings. The van der Waals surface area contributed by atoms with Crippen molar-refractivity contribution in [1.82, 2.24) is 0 Å². The summed E-state index contributed by atoms with van der Waals surface area (Å²) in [6, 6.07) is 18.3. The van der Waals surface area contributed by atoms with E-state index in [2.05, 4.69) is 62.4 Å². The molecule has 24 heavy (non-hydrogen) atoms. The predicted octanol–water partition coefficient (Wildman–Crippen LogP) is 6.18. The Kier molecular flexibility index (Phi) is 4.14. The second-order valence-electron chi connectivity index (χ2n) is 7.17. The molecule has 0 saturated heterocycles. The maximum atomic E-state index is 2.38. The average Bonchev–Trinajstić information content (AvgIpc) is 2.64. The summed E-state index contributed by atoms with van der Waals surface area (Å²) < 4.78 is 0. The van der Waals surface area contributed by atoms with Gasteiger partial charge in [0.05, 0.1) is 0 Å². The van der Waals surface area contributed by atoms with E-state index in [1.807, 2.05) is 0 Å². The highest BCUT2D eigenvalue weighted by atomic mass is 14.2. The summed E-state index contributed by atoms with van der Waals surface area (Å²) in [4.78, 5) is 0.